The number of nitrogens with one attached hydrogen (secondary N) is 1. The summed E-state index contributed by atoms with van der Waals surface area (Å²) in [5.74, 6) is 3.90. The molecule has 2 nitrogen and oxygen atoms in total. The van der Waals surface area contributed by atoms with Crippen LogP contribution in [0, 0.1) is 18.8 Å². The lowest BCUT2D eigenvalue weighted by atomic mass is 9.72. The molecule has 1 aromatic carbocycles. The molecule has 3 aliphatic rings. The summed E-state index contributed by atoms with van der Waals surface area (Å²) >= 11 is 2.03. The maximum absolute atomic E-state index is 3.65. The van der Waals surface area contributed by atoms with Crippen LogP contribution in [0.1, 0.15) is 42.0 Å². The number of rotatable bonds is 4. The number of aromatic amines is 1. The van der Waals surface area contributed by atoms with Crippen LogP contribution >= 0.6 is 11.8 Å². The van der Waals surface area contributed by atoms with E-state index < -0.39 is 0 Å². The number of H-pyrrole nitrogens is 1. The number of aromatic nitrogens is 1. The normalized spacial score (nSPS) is 29.8. The topological polar surface area (TPSA) is 19.0 Å². The van der Waals surface area contributed by atoms with Crippen LogP contribution in [0.3, 0.4) is 0 Å². The quantitative estimate of drug-likeness (QED) is 0.878. The van der Waals surface area contributed by atoms with Crippen LogP contribution in [0.2, 0.25) is 0 Å². The van der Waals surface area contributed by atoms with Gasteiger partial charge in [-0.05, 0) is 73.6 Å². The highest BCUT2D eigenvalue weighted by Gasteiger charge is 2.42. The van der Waals surface area contributed by atoms with Gasteiger partial charge in [0, 0.05) is 41.6 Å². The second-order valence-corrected chi connectivity index (χ2v) is 9.24. The fraction of sp³-hybridized carbons (Fsp3) is 0.619. The summed E-state index contributed by atoms with van der Waals surface area (Å²) in [5.41, 5.74) is 5.99. The third kappa shape index (κ3) is 2.43. The van der Waals surface area contributed by atoms with E-state index in [1.807, 2.05) is 11.8 Å². The Morgan fingerprint density at radius 3 is 2.92 bits per heavy atom. The van der Waals surface area contributed by atoms with Crippen molar-refractivity contribution < 1.29 is 0 Å². The molecule has 1 aromatic heterocycles. The van der Waals surface area contributed by atoms with Crippen LogP contribution in [0.4, 0.5) is 0 Å². The molecule has 128 valence electrons. The molecule has 2 heterocycles. The van der Waals surface area contributed by atoms with Gasteiger partial charge in [-0.15, -0.1) is 0 Å². The first-order valence-corrected chi connectivity index (χ1v) is 11.0. The fourth-order valence-corrected chi connectivity index (χ4v) is 6.08. The summed E-state index contributed by atoms with van der Waals surface area (Å²) in [6.07, 6.45) is 7.84. The number of thioether (sulfide) groups is 1. The first kappa shape index (κ1) is 15.3. The molecule has 2 aromatic rings. The molecule has 0 spiro atoms. The van der Waals surface area contributed by atoms with Crippen LogP contribution in [0.5, 0.6) is 0 Å². The molecule has 3 atom stereocenters. The Kier molecular flexibility index (Phi) is 3.71. The minimum atomic E-state index is 0.733. The first-order valence-electron chi connectivity index (χ1n) is 9.57. The minimum Gasteiger partial charge on any atom is -0.358 e. The highest BCUT2D eigenvalue weighted by Crippen LogP contribution is 2.47. The van der Waals surface area contributed by atoms with E-state index >= 15 is 0 Å². The van der Waals surface area contributed by atoms with Gasteiger partial charge in [0.1, 0.15) is 0 Å². The summed E-state index contributed by atoms with van der Waals surface area (Å²) in [4.78, 5) is 6.54. The van der Waals surface area contributed by atoms with Crippen LogP contribution in [0.25, 0.3) is 10.9 Å². The Bertz CT molecular complexity index is 761. The number of aryl methyl sites for hydroxylation is 1. The SMILES string of the molecule is CSC[C@@H]1CC2c3cccc4[nH]c(C)c(c34)C[C@H]2N(CC2CC2)C1. The number of hydrogen-bond acceptors (Lipinski definition) is 2. The molecule has 0 radical (unpaired) electrons. The van der Waals surface area contributed by atoms with E-state index in [9.17, 15) is 0 Å². The molecular weight excluding hydrogens is 312 g/mol. The predicted octanol–water partition coefficient (Wildman–Crippen LogP) is 4.58. The number of hydrogen-bond donors (Lipinski definition) is 1. The van der Waals surface area contributed by atoms with Crippen molar-refractivity contribution in [3.8, 4) is 0 Å². The van der Waals surface area contributed by atoms with Crippen LogP contribution in [-0.4, -0.2) is 41.0 Å². The molecule has 1 unspecified atom stereocenters. The molecular formula is C21H28N2S. The Morgan fingerprint density at radius 1 is 1.25 bits per heavy atom. The zero-order valence-corrected chi connectivity index (χ0v) is 15.7. The van der Waals surface area contributed by atoms with Gasteiger partial charge in [0.2, 0.25) is 0 Å². The third-order valence-electron chi connectivity index (χ3n) is 6.59. The maximum Gasteiger partial charge on any atom is 0.0461 e. The van der Waals surface area contributed by atoms with Crippen LogP contribution in [0.15, 0.2) is 18.2 Å². The van der Waals surface area contributed by atoms with Gasteiger partial charge in [0.15, 0.2) is 0 Å². The average Bonchev–Trinajstić information content (AvgIpc) is 3.33. The highest BCUT2D eigenvalue weighted by atomic mass is 32.2. The van der Waals surface area contributed by atoms with Gasteiger partial charge < -0.3 is 4.98 Å². The molecule has 5 rings (SSSR count). The summed E-state index contributed by atoms with van der Waals surface area (Å²) in [7, 11) is 0. The van der Waals surface area contributed by atoms with Gasteiger partial charge in [-0.25, -0.2) is 0 Å². The lowest BCUT2D eigenvalue weighted by Crippen LogP contribution is -2.51. The molecule has 2 fully saturated rings. The maximum atomic E-state index is 3.65. The van der Waals surface area contributed by atoms with Gasteiger partial charge in [-0.3, -0.25) is 4.90 Å². The van der Waals surface area contributed by atoms with Crippen molar-refractivity contribution in [3.63, 3.8) is 0 Å². The summed E-state index contributed by atoms with van der Waals surface area (Å²) in [6, 6.07) is 7.69. The Morgan fingerprint density at radius 2 is 2.12 bits per heavy atom. The molecule has 0 amide bonds. The summed E-state index contributed by atoms with van der Waals surface area (Å²) in [5, 5.41) is 1.56. The van der Waals surface area contributed by atoms with E-state index in [-0.39, 0.29) is 0 Å². The van der Waals surface area contributed by atoms with E-state index in [1.165, 1.54) is 55.7 Å². The van der Waals surface area contributed by atoms with E-state index in [0.717, 1.165) is 23.8 Å². The van der Waals surface area contributed by atoms with E-state index in [1.54, 1.807) is 16.5 Å². The van der Waals surface area contributed by atoms with Gasteiger partial charge in [-0.2, -0.15) is 11.8 Å². The molecule has 1 saturated heterocycles. The number of fused-ring (bicyclic) bond motifs is 2. The molecule has 2 aliphatic carbocycles. The molecule has 24 heavy (non-hydrogen) atoms. The molecule has 3 heteroatoms. The van der Waals surface area contributed by atoms with Crippen molar-refractivity contribution in [3.05, 3.63) is 35.0 Å². The van der Waals surface area contributed by atoms with Crippen LogP contribution in [-0.2, 0) is 6.42 Å². The van der Waals surface area contributed by atoms with Crippen molar-refractivity contribution in [2.24, 2.45) is 11.8 Å². The monoisotopic (exact) mass is 340 g/mol. The van der Waals surface area contributed by atoms with Crippen molar-refractivity contribution >= 4 is 22.7 Å². The van der Waals surface area contributed by atoms with Crippen molar-refractivity contribution in [2.45, 2.75) is 44.6 Å². The Balaban J connectivity index is 1.57. The number of benzene rings is 1. The van der Waals surface area contributed by atoms with Gasteiger partial charge >= 0.3 is 0 Å². The largest absolute Gasteiger partial charge is 0.358 e. The number of nitrogens with zero attached hydrogens (tertiary/aromatic N) is 1. The molecule has 1 N–H and O–H groups in total. The van der Waals surface area contributed by atoms with E-state index in [4.69, 9.17) is 0 Å². The third-order valence-corrected chi connectivity index (χ3v) is 7.40. The predicted molar refractivity (Wildman–Crippen MR) is 104 cm³/mol. The van der Waals surface area contributed by atoms with Crippen LogP contribution < -0.4 is 0 Å². The minimum absolute atomic E-state index is 0.733. The van der Waals surface area contributed by atoms with Gasteiger partial charge in [-0.1, -0.05) is 12.1 Å². The zero-order valence-electron chi connectivity index (χ0n) is 14.8. The van der Waals surface area contributed by atoms with E-state index in [0.29, 0.717) is 0 Å². The number of piperidine rings is 1. The molecule has 1 aliphatic heterocycles. The second-order valence-electron chi connectivity index (χ2n) is 8.33. The van der Waals surface area contributed by atoms with Gasteiger partial charge in [0.05, 0.1) is 0 Å². The first-order chi connectivity index (χ1) is 11.7. The summed E-state index contributed by atoms with van der Waals surface area (Å²) in [6.45, 7) is 4.94. The second kappa shape index (κ2) is 5.81. The lowest BCUT2D eigenvalue weighted by Gasteiger charge is -2.47. The Hall–Kier alpha value is -0.930. The Labute approximate surface area is 149 Å². The number of likely N-dealkylation sites (tertiary alicyclic amines) is 1. The zero-order chi connectivity index (χ0) is 16.3. The van der Waals surface area contributed by atoms with Crippen molar-refractivity contribution in [2.75, 3.05) is 25.1 Å². The highest BCUT2D eigenvalue weighted by molar-refractivity contribution is 7.98. The smallest absolute Gasteiger partial charge is 0.0461 e. The average molecular weight is 341 g/mol. The molecule has 0 bridgehead atoms. The molecule has 1 saturated carbocycles. The van der Waals surface area contributed by atoms with Crippen molar-refractivity contribution in [1.29, 1.82) is 0 Å². The van der Waals surface area contributed by atoms with Gasteiger partial charge in [0.25, 0.3) is 0 Å². The van der Waals surface area contributed by atoms with Crippen molar-refractivity contribution in [1.82, 2.24) is 9.88 Å². The summed E-state index contributed by atoms with van der Waals surface area (Å²) < 4.78 is 0. The van der Waals surface area contributed by atoms with E-state index in [2.05, 4.69) is 41.3 Å². The lowest BCUT2D eigenvalue weighted by molar-refractivity contribution is 0.0876. The fourth-order valence-electron chi connectivity index (χ4n) is 5.37. The standard InChI is InChI=1S/C21H28N2S/c1-13-17-9-20-18(16-4-3-5-19(22-13)21(16)17)8-15(12-24-2)11-23(20)10-14-6-7-14/h3-5,14-15,18,20,22H,6-12H2,1-2H3/t15-,18?,20-/m1/s1.